The molecule has 0 aliphatic heterocycles. The van der Waals surface area contributed by atoms with Gasteiger partial charge in [0.1, 0.15) is 0 Å². The quantitative estimate of drug-likeness (QED) is 0.826. The number of carbonyl (C=O) groups is 2. The van der Waals surface area contributed by atoms with Crippen molar-refractivity contribution in [1.29, 1.82) is 0 Å². The molecule has 140 valence electrons. The van der Waals surface area contributed by atoms with E-state index >= 15 is 0 Å². The Morgan fingerprint density at radius 2 is 1.88 bits per heavy atom. The van der Waals surface area contributed by atoms with Crippen LogP contribution in [0.3, 0.4) is 0 Å². The Labute approximate surface area is 154 Å². The van der Waals surface area contributed by atoms with E-state index in [9.17, 15) is 9.59 Å². The van der Waals surface area contributed by atoms with Crippen LogP contribution in [0, 0.1) is 11.8 Å². The topological polar surface area (TPSA) is 60.3 Å². The lowest BCUT2D eigenvalue weighted by Gasteiger charge is -2.26. The van der Waals surface area contributed by atoms with Crippen LogP contribution in [-0.2, 0) is 9.53 Å². The molecule has 0 spiro atoms. The summed E-state index contributed by atoms with van der Waals surface area (Å²) in [5, 5.41) is 4.10. The summed E-state index contributed by atoms with van der Waals surface area (Å²) in [6, 6.07) is 8.33. The first-order valence-electron chi connectivity index (χ1n) is 9.46. The number of methoxy groups -OCH3 is 1. The van der Waals surface area contributed by atoms with E-state index in [-0.39, 0.29) is 17.8 Å². The monoisotopic (exact) mass is 356 g/mol. The predicted molar refractivity (Wildman–Crippen MR) is 102 cm³/mol. The average molecular weight is 356 g/mol. The van der Waals surface area contributed by atoms with Gasteiger partial charge in [-0.1, -0.05) is 18.2 Å². The van der Waals surface area contributed by atoms with Crippen LogP contribution in [0.5, 0.6) is 0 Å². The number of para-hydroxylation sites is 1. The largest absolute Gasteiger partial charge is 0.469 e. The zero-order valence-corrected chi connectivity index (χ0v) is 15.8. The normalized spacial score (nSPS) is 20.3. The number of ether oxygens (including phenoxy) is 1. The third-order valence-electron chi connectivity index (χ3n) is 5.47. The molecule has 0 saturated heterocycles. The Balaban J connectivity index is 1.63. The Morgan fingerprint density at radius 1 is 1.19 bits per heavy atom. The van der Waals surface area contributed by atoms with E-state index in [1.807, 2.05) is 24.4 Å². The number of nitrogens with one attached hydrogen (secondary N) is 1. The second kappa shape index (κ2) is 7.94. The highest BCUT2D eigenvalue weighted by Crippen LogP contribution is 2.29. The molecule has 2 aromatic rings. The van der Waals surface area contributed by atoms with Gasteiger partial charge in [0.05, 0.1) is 18.6 Å². The number of rotatable bonds is 5. The summed E-state index contributed by atoms with van der Waals surface area (Å²) in [6.45, 7) is 4.90. The lowest BCUT2D eigenvalue weighted by atomic mass is 9.82. The lowest BCUT2D eigenvalue weighted by Crippen LogP contribution is -2.32. The molecule has 0 bridgehead atoms. The molecule has 1 N–H and O–H groups in total. The zero-order valence-electron chi connectivity index (χ0n) is 15.8. The highest BCUT2D eigenvalue weighted by Gasteiger charge is 2.27. The maximum Gasteiger partial charge on any atom is 0.308 e. The molecule has 5 nitrogen and oxygen atoms in total. The SMILES string of the molecule is COC(=O)C1CCC(CNC(=O)c2cn(C(C)C)c3ccccc23)CC1. The third-order valence-corrected chi connectivity index (χ3v) is 5.47. The van der Waals surface area contributed by atoms with Crippen molar-refractivity contribution < 1.29 is 14.3 Å². The van der Waals surface area contributed by atoms with Gasteiger partial charge in [0, 0.05) is 29.7 Å². The standard InChI is InChI=1S/C21H28N2O3/c1-14(2)23-13-18(17-6-4-5-7-19(17)23)20(24)22-12-15-8-10-16(11-9-15)21(25)26-3/h4-7,13-16H,8-12H2,1-3H3,(H,22,24). The Bertz CT molecular complexity index is 786. The molecule has 1 aliphatic rings. The van der Waals surface area contributed by atoms with Crippen LogP contribution in [0.25, 0.3) is 10.9 Å². The van der Waals surface area contributed by atoms with Crippen molar-refractivity contribution in [2.24, 2.45) is 11.8 Å². The van der Waals surface area contributed by atoms with Crippen molar-refractivity contribution in [2.45, 2.75) is 45.6 Å². The van der Waals surface area contributed by atoms with Crippen molar-refractivity contribution in [3.8, 4) is 0 Å². The minimum Gasteiger partial charge on any atom is -0.469 e. The van der Waals surface area contributed by atoms with Gasteiger partial charge in [-0.15, -0.1) is 0 Å². The number of nitrogens with zero attached hydrogens (tertiary/aromatic N) is 1. The van der Waals surface area contributed by atoms with Gasteiger partial charge in [-0.25, -0.2) is 0 Å². The first-order valence-corrected chi connectivity index (χ1v) is 9.46. The molecule has 0 unspecified atom stereocenters. The second-order valence-corrected chi connectivity index (χ2v) is 7.51. The lowest BCUT2D eigenvalue weighted by molar-refractivity contribution is -0.146. The predicted octanol–water partition coefficient (Wildman–Crippen LogP) is 3.93. The maximum absolute atomic E-state index is 12.8. The number of aromatic nitrogens is 1. The number of fused-ring (bicyclic) bond motifs is 1. The Morgan fingerprint density at radius 3 is 2.54 bits per heavy atom. The van der Waals surface area contributed by atoms with Crippen molar-refractivity contribution in [3.63, 3.8) is 0 Å². The number of benzene rings is 1. The van der Waals surface area contributed by atoms with E-state index in [1.165, 1.54) is 7.11 Å². The molecule has 26 heavy (non-hydrogen) atoms. The van der Waals surface area contributed by atoms with Crippen LogP contribution in [0.15, 0.2) is 30.5 Å². The maximum atomic E-state index is 12.8. The molecule has 1 fully saturated rings. The molecule has 1 aromatic carbocycles. The van der Waals surface area contributed by atoms with Gasteiger partial charge in [-0.3, -0.25) is 9.59 Å². The van der Waals surface area contributed by atoms with Crippen LogP contribution in [0.2, 0.25) is 0 Å². The number of hydrogen-bond acceptors (Lipinski definition) is 3. The van der Waals surface area contributed by atoms with Crippen molar-refractivity contribution in [2.75, 3.05) is 13.7 Å². The first kappa shape index (κ1) is 18.5. The summed E-state index contributed by atoms with van der Waals surface area (Å²) in [5.41, 5.74) is 1.82. The second-order valence-electron chi connectivity index (χ2n) is 7.51. The number of esters is 1. The third kappa shape index (κ3) is 3.76. The van der Waals surface area contributed by atoms with Crippen LogP contribution in [0.1, 0.15) is 55.9 Å². The zero-order chi connectivity index (χ0) is 18.7. The van der Waals surface area contributed by atoms with Gasteiger partial charge in [0.2, 0.25) is 0 Å². The molecule has 1 aromatic heterocycles. The molecule has 1 aliphatic carbocycles. The van der Waals surface area contributed by atoms with Crippen LogP contribution in [-0.4, -0.2) is 30.1 Å². The van der Waals surface area contributed by atoms with Crippen LogP contribution >= 0.6 is 0 Å². The molecule has 5 heteroatoms. The molecular weight excluding hydrogens is 328 g/mol. The van der Waals surface area contributed by atoms with Gasteiger partial charge in [-0.05, 0) is 51.5 Å². The van der Waals surface area contributed by atoms with E-state index in [2.05, 4.69) is 29.8 Å². The fraction of sp³-hybridized carbons (Fsp3) is 0.524. The van der Waals surface area contributed by atoms with E-state index in [0.29, 0.717) is 18.5 Å². The number of carbonyl (C=O) groups excluding carboxylic acids is 2. The molecule has 1 saturated carbocycles. The Hall–Kier alpha value is -2.30. The van der Waals surface area contributed by atoms with Gasteiger partial charge < -0.3 is 14.6 Å². The molecular formula is C21H28N2O3. The van der Waals surface area contributed by atoms with Gasteiger partial charge in [0.15, 0.2) is 0 Å². The first-order chi connectivity index (χ1) is 12.5. The average Bonchev–Trinajstić information content (AvgIpc) is 3.06. The van der Waals surface area contributed by atoms with E-state index in [4.69, 9.17) is 4.74 Å². The van der Waals surface area contributed by atoms with Gasteiger partial charge in [0.25, 0.3) is 5.91 Å². The van der Waals surface area contributed by atoms with Crippen LogP contribution < -0.4 is 5.32 Å². The summed E-state index contributed by atoms with van der Waals surface area (Å²) in [5.74, 6) is 0.332. The van der Waals surface area contributed by atoms with Crippen molar-refractivity contribution in [1.82, 2.24) is 9.88 Å². The summed E-state index contributed by atoms with van der Waals surface area (Å²) in [6.07, 6.45) is 5.56. The molecule has 3 rings (SSSR count). The highest BCUT2D eigenvalue weighted by molar-refractivity contribution is 6.07. The van der Waals surface area contributed by atoms with E-state index in [0.717, 1.165) is 42.1 Å². The van der Waals surface area contributed by atoms with Crippen molar-refractivity contribution >= 4 is 22.8 Å². The molecule has 1 heterocycles. The molecule has 1 amide bonds. The summed E-state index contributed by atoms with van der Waals surface area (Å²) >= 11 is 0. The number of hydrogen-bond donors (Lipinski definition) is 1. The summed E-state index contributed by atoms with van der Waals surface area (Å²) < 4.78 is 6.98. The van der Waals surface area contributed by atoms with E-state index in [1.54, 1.807) is 0 Å². The van der Waals surface area contributed by atoms with E-state index < -0.39 is 0 Å². The molecule has 0 atom stereocenters. The van der Waals surface area contributed by atoms with Gasteiger partial charge in [-0.2, -0.15) is 0 Å². The Kier molecular flexibility index (Phi) is 5.64. The minimum atomic E-state index is -0.103. The fourth-order valence-electron chi connectivity index (χ4n) is 3.91. The summed E-state index contributed by atoms with van der Waals surface area (Å²) in [7, 11) is 1.45. The minimum absolute atomic E-state index is 0.0179. The number of amides is 1. The van der Waals surface area contributed by atoms with Crippen LogP contribution in [0.4, 0.5) is 0 Å². The summed E-state index contributed by atoms with van der Waals surface area (Å²) in [4.78, 5) is 24.4. The fourth-order valence-corrected chi connectivity index (χ4v) is 3.91. The molecule has 0 radical (unpaired) electrons. The van der Waals surface area contributed by atoms with Crippen molar-refractivity contribution in [3.05, 3.63) is 36.0 Å². The highest BCUT2D eigenvalue weighted by atomic mass is 16.5. The smallest absolute Gasteiger partial charge is 0.308 e. The van der Waals surface area contributed by atoms with Gasteiger partial charge >= 0.3 is 5.97 Å².